The summed E-state index contributed by atoms with van der Waals surface area (Å²) in [4.78, 5) is 11.9. The van der Waals surface area contributed by atoms with Crippen molar-refractivity contribution in [1.82, 2.24) is 4.57 Å². The molecule has 106 valence electrons. The van der Waals surface area contributed by atoms with Crippen LogP contribution < -0.4 is 15.9 Å². The molecule has 1 unspecified atom stereocenters. The van der Waals surface area contributed by atoms with E-state index in [0.29, 0.717) is 12.2 Å². The van der Waals surface area contributed by atoms with Gasteiger partial charge in [-0.2, -0.15) is 0 Å². The number of nitrogens with two attached hydrogens (primary N) is 1. The molecule has 0 saturated heterocycles. The molecule has 0 amide bonds. The van der Waals surface area contributed by atoms with Gasteiger partial charge in [-0.3, -0.25) is 4.79 Å². The van der Waals surface area contributed by atoms with Crippen LogP contribution in [0.2, 0.25) is 0 Å². The minimum Gasteiger partial charge on any atom is -0.494 e. The van der Waals surface area contributed by atoms with Gasteiger partial charge in [0, 0.05) is 35.2 Å². The third-order valence-corrected chi connectivity index (χ3v) is 3.19. The summed E-state index contributed by atoms with van der Waals surface area (Å²) in [6, 6.07) is 9.11. The molecule has 2 rings (SSSR count). The number of pyridine rings is 1. The first kappa shape index (κ1) is 14.3. The summed E-state index contributed by atoms with van der Waals surface area (Å²) in [7, 11) is 0. The van der Waals surface area contributed by atoms with Crippen molar-refractivity contribution in [3.63, 3.8) is 0 Å². The number of hydrogen-bond acceptors (Lipinski definition) is 3. The van der Waals surface area contributed by atoms with Crippen LogP contribution in [-0.2, 0) is 0 Å². The summed E-state index contributed by atoms with van der Waals surface area (Å²) in [5.41, 5.74) is 8.30. The first-order valence-corrected chi connectivity index (χ1v) is 6.75. The molecule has 0 saturated carbocycles. The van der Waals surface area contributed by atoms with E-state index in [9.17, 15) is 4.79 Å². The lowest BCUT2D eigenvalue weighted by atomic mass is 10.1. The molecule has 2 N–H and O–H groups in total. The molecule has 20 heavy (non-hydrogen) atoms. The van der Waals surface area contributed by atoms with Crippen molar-refractivity contribution in [2.24, 2.45) is 5.73 Å². The fraction of sp³-hybridized carbons (Fsp3) is 0.312. The summed E-state index contributed by atoms with van der Waals surface area (Å²) in [6.07, 6.45) is 1.82. The largest absolute Gasteiger partial charge is 0.494 e. The molecule has 1 heterocycles. The second kappa shape index (κ2) is 5.92. The molecule has 0 aliphatic heterocycles. The normalized spacial score (nSPS) is 12.2. The second-order valence-electron chi connectivity index (χ2n) is 4.82. The van der Waals surface area contributed by atoms with Gasteiger partial charge in [0.2, 0.25) is 0 Å². The molecular weight excluding hydrogens is 252 g/mol. The van der Waals surface area contributed by atoms with Gasteiger partial charge in [0.05, 0.1) is 6.61 Å². The fourth-order valence-corrected chi connectivity index (χ4v) is 2.14. The monoisotopic (exact) mass is 272 g/mol. The van der Waals surface area contributed by atoms with Crippen molar-refractivity contribution in [2.75, 3.05) is 6.61 Å². The Balaban J connectivity index is 2.46. The first-order valence-electron chi connectivity index (χ1n) is 6.75. The zero-order chi connectivity index (χ0) is 14.7. The maximum Gasteiger partial charge on any atom is 0.186 e. The predicted octanol–water partition coefficient (Wildman–Crippen LogP) is 2.56. The Bertz CT molecular complexity index is 643. The lowest BCUT2D eigenvalue weighted by Gasteiger charge is -2.14. The Morgan fingerprint density at radius 2 is 1.95 bits per heavy atom. The molecule has 0 bridgehead atoms. The van der Waals surface area contributed by atoms with E-state index in [-0.39, 0.29) is 11.5 Å². The van der Waals surface area contributed by atoms with E-state index in [1.165, 1.54) is 0 Å². The van der Waals surface area contributed by atoms with Gasteiger partial charge in [0.25, 0.3) is 0 Å². The lowest BCUT2D eigenvalue weighted by molar-refractivity contribution is 0.340. The van der Waals surface area contributed by atoms with Gasteiger partial charge in [-0.25, -0.2) is 0 Å². The number of aromatic nitrogens is 1. The van der Waals surface area contributed by atoms with E-state index >= 15 is 0 Å². The topological polar surface area (TPSA) is 57.2 Å². The smallest absolute Gasteiger partial charge is 0.186 e. The quantitative estimate of drug-likeness (QED) is 0.930. The van der Waals surface area contributed by atoms with Crippen molar-refractivity contribution in [3.8, 4) is 11.4 Å². The van der Waals surface area contributed by atoms with Gasteiger partial charge in [-0.15, -0.1) is 0 Å². The highest BCUT2D eigenvalue weighted by Gasteiger charge is 2.09. The molecule has 4 nitrogen and oxygen atoms in total. The summed E-state index contributed by atoms with van der Waals surface area (Å²) in [5.74, 6) is 0.836. The SMILES string of the molecule is CCOc1ccc(-n2cc(C(C)N)c(=O)cc2C)cc1. The van der Waals surface area contributed by atoms with Gasteiger partial charge in [0.1, 0.15) is 5.75 Å². The minimum absolute atomic E-state index is 0.0142. The van der Waals surface area contributed by atoms with Crippen molar-refractivity contribution in [2.45, 2.75) is 26.8 Å². The maximum atomic E-state index is 11.9. The zero-order valence-corrected chi connectivity index (χ0v) is 12.1. The first-order chi connectivity index (χ1) is 9.52. The summed E-state index contributed by atoms with van der Waals surface area (Å²) in [5, 5.41) is 0. The van der Waals surface area contributed by atoms with E-state index in [0.717, 1.165) is 17.1 Å². The number of nitrogens with zero attached hydrogens (tertiary/aromatic N) is 1. The summed E-state index contributed by atoms with van der Waals surface area (Å²) in [6.45, 7) is 6.32. The van der Waals surface area contributed by atoms with Gasteiger partial charge < -0.3 is 15.0 Å². The van der Waals surface area contributed by atoms with Crippen molar-refractivity contribution >= 4 is 0 Å². The Hall–Kier alpha value is -2.07. The van der Waals surface area contributed by atoms with E-state index in [4.69, 9.17) is 10.5 Å². The number of aryl methyl sites for hydroxylation is 1. The van der Waals surface area contributed by atoms with E-state index in [1.54, 1.807) is 6.07 Å². The second-order valence-corrected chi connectivity index (χ2v) is 4.82. The number of benzene rings is 1. The molecule has 0 fully saturated rings. The van der Waals surface area contributed by atoms with E-state index in [2.05, 4.69) is 0 Å². The molecular formula is C16H20N2O2. The van der Waals surface area contributed by atoms with Crippen LogP contribution in [0.3, 0.4) is 0 Å². The highest BCUT2D eigenvalue weighted by molar-refractivity contribution is 5.40. The van der Waals surface area contributed by atoms with E-state index < -0.39 is 0 Å². The molecule has 1 aromatic carbocycles. The standard InChI is InChI=1S/C16H20N2O2/c1-4-20-14-7-5-13(6-8-14)18-10-15(12(3)17)16(19)9-11(18)2/h5-10,12H,4,17H2,1-3H3. The lowest BCUT2D eigenvalue weighted by Crippen LogP contribution is -2.20. The number of ether oxygens (including phenoxy) is 1. The van der Waals surface area contributed by atoms with Crippen LogP contribution in [0.4, 0.5) is 0 Å². The number of hydrogen-bond donors (Lipinski definition) is 1. The van der Waals surface area contributed by atoms with Gasteiger partial charge in [0.15, 0.2) is 5.43 Å². The third-order valence-electron chi connectivity index (χ3n) is 3.19. The van der Waals surface area contributed by atoms with Crippen molar-refractivity contribution in [1.29, 1.82) is 0 Å². The highest BCUT2D eigenvalue weighted by atomic mass is 16.5. The summed E-state index contributed by atoms with van der Waals surface area (Å²) >= 11 is 0. The van der Waals surface area contributed by atoms with Crippen LogP contribution in [0.1, 0.15) is 31.1 Å². The average molecular weight is 272 g/mol. The molecule has 1 aromatic heterocycles. The van der Waals surface area contributed by atoms with Crippen LogP contribution in [0, 0.1) is 6.92 Å². The molecule has 0 aliphatic rings. The Morgan fingerprint density at radius 3 is 2.50 bits per heavy atom. The Morgan fingerprint density at radius 1 is 1.30 bits per heavy atom. The molecule has 0 radical (unpaired) electrons. The van der Waals surface area contributed by atoms with Crippen molar-refractivity contribution < 1.29 is 4.74 Å². The van der Waals surface area contributed by atoms with E-state index in [1.807, 2.05) is 55.8 Å². The minimum atomic E-state index is -0.281. The van der Waals surface area contributed by atoms with Crippen LogP contribution >= 0.6 is 0 Å². The predicted molar refractivity (Wildman–Crippen MR) is 80.5 cm³/mol. The molecule has 4 heteroatoms. The maximum absolute atomic E-state index is 11.9. The molecule has 0 spiro atoms. The highest BCUT2D eigenvalue weighted by Crippen LogP contribution is 2.17. The fourth-order valence-electron chi connectivity index (χ4n) is 2.14. The van der Waals surface area contributed by atoms with Gasteiger partial charge in [-0.1, -0.05) is 0 Å². The summed E-state index contributed by atoms with van der Waals surface area (Å²) < 4.78 is 7.40. The van der Waals surface area contributed by atoms with Gasteiger partial charge in [-0.05, 0) is 45.0 Å². The molecule has 0 aliphatic carbocycles. The number of rotatable bonds is 4. The van der Waals surface area contributed by atoms with Crippen LogP contribution in [0.5, 0.6) is 5.75 Å². The van der Waals surface area contributed by atoms with Gasteiger partial charge >= 0.3 is 0 Å². The Kier molecular flexibility index (Phi) is 4.25. The van der Waals surface area contributed by atoms with Crippen molar-refractivity contribution in [3.05, 3.63) is 58.0 Å². The Labute approximate surface area is 118 Å². The van der Waals surface area contributed by atoms with Crippen LogP contribution in [-0.4, -0.2) is 11.2 Å². The third kappa shape index (κ3) is 2.91. The zero-order valence-electron chi connectivity index (χ0n) is 12.1. The molecule has 1 atom stereocenters. The molecule has 2 aromatic rings. The van der Waals surface area contributed by atoms with Crippen LogP contribution in [0.25, 0.3) is 5.69 Å². The van der Waals surface area contributed by atoms with Crippen LogP contribution in [0.15, 0.2) is 41.3 Å². The average Bonchev–Trinajstić information content (AvgIpc) is 2.40.